The highest BCUT2D eigenvalue weighted by Gasteiger charge is 2.36. The molecule has 0 aromatic carbocycles. The van der Waals surface area contributed by atoms with Crippen molar-refractivity contribution in [2.45, 2.75) is 12.8 Å². The summed E-state index contributed by atoms with van der Waals surface area (Å²) < 4.78 is 10.0. The normalized spacial score (nSPS) is 17.8. The highest BCUT2D eigenvalue weighted by molar-refractivity contribution is 7.12. The highest BCUT2D eigenvalue weighted by atomic mass is 32.1. The monoisotopic (exact) mass is 301 g/mol. The fourth-order valence-electron chi connectivity index (χ4n) is 2.11. The van der Waals surface area contributed by atoms with Crippen LogP contribution in [0.15, 0.2) is 34.9 Å². The number of nitrogens with two attached hydrogens (primary N) is 1. The maximum atomic E-state index is 12.0. The number of methoxy groups -OCH3 is 1. The molecule has 6 nitrogen and oxygen atoms in total. The summed E-state index contributed by atoms with van der Waals surface area (Å²) in [4.78, 5) is 13.2. The molecule has 0 saturated heterocycles. The number of hydrogen-bond acceptors (Lipinski definition) is 7. The van der Waals surface area contributed by atoms with E-state index in [-0.39, 0.29) is 22.8 Å². The molecule has 2 rings (SSSR count). The van der Waals surface area contributed by atoms with E-state index in [2.05, 4.69) is 0 Å². The first kappa shape index (κ1) is 14.6. The molecule has 106 valence electrons. The number of esters is 1. The van der Waals surface area contributed by atoms with Crippen LogP contribution in [0.1, 0.15) is 22.6 Å². The summed E-state index contributed by atoms with van der Waals surface area (Å²) >= 11 is 1.19. The zero-order valence-corrected chi connectivity index (χ0v) is 12.2. The molecule has 0 amide bonds. The maximum Gasteiger partial charge on any atom is 0.338 e. The van der Waals surface area contributed by atoms with Crippen molar-refractivity contribution in [2.24, 2.45) is 5.73 Å². The average molecular weight is 301 g/mol. The van der Waals surface area contributed by atoms with Gasteiger partial charge < -0.3 is 15.2 Å². The van der Waals surface area contributed by atoms with Crippen molar-refractivity contribution in [1.82, 2.24) is 0 Å². The third kappa shape index (κ3) is 2.47. The van der Waals surface area contributed by atoms with Gasteiger partial charge in [-0.3, -0.25) is 0 Å². The fraction of sp³-hybridized carbons (Fsp3) is 0.214. The summed E-state index contributed by atoms with van der Waals surface area (Å²) in [5.74, 6) is -1.03. The molecule has 7 heteroatoms. The van der Waals surface area contributed by atoms with E-state index in [0.717, 1.165) is 0 Å². The van der Waals surface area contributed by atoms with E-state index in [4.69, 9.17) is 20.5 Å². The van der Waals surface area contributed by atoms with E-state index in [0.29, 0.717) is 9.75 Å². The van der Waals surface area contributed by atoms with E-state index in [1.165, 1.54) is 18.4 Å². The second kappa shape index (κ2) is 5.70. The van der Waals surface area contributed by atoms with Crippen LogP contribution < -0.4 is 5.73 Å². The molecule has 2 N–H and O–H groups in total. The largest absolute Gasteiger partial charge is 0.466 e. The van der Waals surface area contributed by atoms with Gasteiger partial charge in [-0.2, -0.15) is 10.5 Å². The lowest BCUT2D eigenvalue weighted by atomic mass is 9.87. The Morgan fingerprint density at radius 2 is 2.14 bits per heavy atom. The third-order valence-corrected chi connectivity index (χ3v) is 4.09. The zero-order valence-electron chi connectivity index (χ0n) is 11.3. The first-order valence-corrected chi connectivity index (χ1v) is 6.71. The van der Waals surface area contributed by atoms with Gasteiger partial charge in [0.2, 0.25) is 5.88 Å². The van der Waals surface area contributed by atoms with Crippen LogP contribution in [0, 0.1) is 22.7 Å². The van der Waals surface area contributed by atoms with Crippen LogP contribution in [-0.4, -0.2) is 13.1 Å². The Hall–Kier alpha value is -2.77. The van der Waals surface area contributed by atoms with Crippen molar-refractivity contribution >= 4 is 17.3 Å². The van der Waals surface area contributed by atoms with Crippen LogP contribution in [-0.2, 0) is 14.3 Å². The number of hydrogen-bond donors (Lipinski definition) is 1. The first-order valence-electron chi connectivity index (χ1n) is 5.90. The molecule has 1 aliphatic heterocycles. The van der Waals surface area contributed by atoms with Crippen LogP contribution in [0.3, 0.4) is 0 Å². The highest BCUT2D eigenvalue weighted by Crippen LogP contribution is 2.41. The van der Waals surface area contributed by atoms with Gasteiger partial charge in [0.15, 0.2) is 0 Å². The second-order valence-corrected chi connectivity index (χ2v) is 5.32. The molecule has 0 spiro atoms. The second-order valence-electron chi connectivity index (χ2n) is 4.20. The third-order valence-electron chi connectivity index (χ3n) is 3.03. The molecule has 1 unspecified atom stereocenters. The van der Waals surface area contributed by atoms with E-state index < -0.39 is 11.9 Å². The minimum Gasteiger partial charge on any atom is -0.466 e. The number of nitriles is 2. The molecule has 1 aromatic rings. The molecule has 0 radical (unpaired) electrons. The van der Waals surface area contributed by atoms with Crippen molar-refractivity contribution in [3.8, 4) is 12.1 Å². The number of rotatable bonds is 2. The standard InChI is InChI=1S/C14H11N3O3S/c1-7-11(14(18)19-2)12(9(6-16)13(17)20-7)10-4-3-8(5-15)21-10/h3-4,12H,17H2,1-2H3. The van der Waals surface area contributed by atoms with Crippen molar-refractivity contribution < 1.29 is 14.3 Å². The van der Waals surface area contributed by atoms with Gasteiger partial charge in [-0.05, 0) is 19.1 Å². The number of thiophene rings is 1. The summed E-state index contributed by atoms with van der Waals surface area (Å²) in [6, 6.07) is 7.32. The van der Waals surface area contributed by atoms with Crippen LogP contribution in [0.5, 0.6) is 0 Å². The lowest BCUT2D eigenvalue weighted by Gasteiger charge is -2.25. The van der Waals surface area contributed by atoms with Crippen molar-refractivity contribution in [1.29, 1.82) is 10.5 Å². The van der Waals surface area contributed by atoms with Crippen LogP contribution in [0.2, 0.25) is 0 Å². The maximum absolute atomic E-state index is 12.0. The van der Waals surface area contributed by atoms with Crippen LogP contribution >= 0.6 is 11.3 Å². The Morgan fingerprint density at radius 1 is 1.43 bits per heavy atom. The van der Waals surface area contributed by atoms with Gasteiger partial charge in [0.05, 0.1) is 18.6 Å². The number of allylic oxidation sites excluding steroid dienone is 2. The molecule has 1 aliphatic rings. The van der Waals surface area contributed by atoms with Gasteiger partial charge in [-0.15, -0.1) is 11.3 Å². The molecule has 1 aromatic heterocycles. The van der Waals surface area contributed by atoms with Crippen LogP contribution in [0.4, 0.5) is 0 Å². The summed E-state index contributed by atoms with van der Waals surface area (Å²) in [6.07, 6.45) is 0. The Bertz CT molecular complexity index is 746. The van der Waals surface area contributed by atoms with Crippen molar-refractivity contribution in [3.63, 3.8) is 0 Å². The molecular weight excluding hydrogens is 290 g/mol. The van der Waals surface area contributed by atoms with Gasteiger partial charge in [-0.1, -0.05) is 0 Å². The molecule has 0 bridgehead atoms. The lowest BCUT2D eigenvalue weighted by Crippen LogP contribution is -2.24. The van der Waals surface area contributed by atoms with E-state index >= 15 is 0 Å². The van der Waals surface area contributed by atoms with Crippen molar-refractivity contribution in [2.75, 3.05) is 7.11 Å². The molecule has 21 heavy (non-hydrogen) atoms. The minimum atomic E-state index is -0.678. The molecule has 2 heterocycles. The van der Waals surface area contributed by atoms with Gasteiger partial charge in [0.1, 0.15) is 28.3 Å². The topological polar surface area (TPSA) is 109 Å². The predicted molar refractivity (Wildman–Crippen MR) is 74.4 cm³/mol. The minimum absolute atomic E-state index is 0.0421. The summed E-state index contributed by atoms with van der Waals surface area (Å²) in [6.45, 7) is 1.58. The molecule has 1 atom stereocenters. The number of carbonyl (C=O) groups is 1. The quantitative estimate of drug-likeness (QED) is 0.835. The van der Waals surface area contributed by atoms with Gasteiger partial charge >= 0.3 is 5.97 Å². The van der Waals surface area contributed by atoms with E-state index in [1.807, 2.05) is 12.1 Å². The van der Waals surface area contributed by atoms with Gasteiger partial charge in [0.25, 0.3) is 0 Å². The Morgan fingerprint density at radius 3 is 2.67 bits per heavy atom. The molecular formula is C14H11N3O3S. The van der Waals surface area contributed by atoms with E-state index in [1.54, 1.807) is 19.1 Å². The number of nitrogens with zero attached hydrogens (tertiary/aromatic N) is 2. The first-order chi connectivity index (χ1) is 10.0. The lowest BCUT2D eigenvalue weighted by molar-refractivity contribution is -0.136. The number of ether oxygens (including phenoxy) is 2. The smallest absolute Gasteiger partial charge is 0.338 e. The summed E-state index contributed by atoms with van der Waals surface area (Å²) in [5, 5.41) is 18.2. The summed E-state index contributed by atoms with van der Waals surface area (Å²) in [7, 11) is 1.25. The summed E-state index contributed by atoms with van der Waals surface area (Å²) in [5.41, 5.74) is 6.09. The Kier molecular flexibility index (Phi) is 3.97. The zero-order chi connectivity index (χ0) is 15.6. The fourth-order valence-corrected chi connectivity index (χ4v) is 3.03. The average Bonchev–Trinajstić information content (AvgIpc) is 2.94. The predicted octanol–water partition coefficient (Wildman–Crippen LogP) is 1.87. The molecule has 0 fully saturated rings. The Labute approximate surface area is 125 Å². The van der Waals surface area contributed by atoms with Crippen LogP contribution in [0.25, 0.3) is 0 Å². The Balaban J connectivity index is 2.63. The molecule has 0 saturated carbocycles. The number of carbonyl (C=O) groups excluding carboxylic acids is 1. The SMILES string of the molecule is COC(=O)C1=C(C)OC(N)=C(C#N)C1c1ccc(C#N)s1. The van der Waals surface area contributed by atoms with Crippen molar-refractivity contribution in [3.05, 3.63) is 44.7 Å². The van der Waals surface area contributed by atoms with Gasteiger partial charge in [0, 0.05) is 4.88 Å². The van der Waals surface area contributed by atoms with E-state index in [9.17, 15) is 10.1 Å². The molecule has 0 aliphatic carbocycles. The van der Waals surface area contributed by atoms with Gasteiger partial charge in [-0.25, -0.2) is 4.79 Å².